The first-order valence-corrected chi connectivity index (χ1v) is 6.40. The van der Waals surface area contributed by atoms with Crippen LogP contribution in [0.25, 0.3) is 0 Å². The van der Waals surface area contributed by atoms with Gasteiger partial charge in [0.15, 0.2) is 0 Å². The summed E-state index contributed by atoms with van der Waals surface area (Å²) in [5.74, 6) is -0.0307. The Balaban J connectivity index is 3.38. The molecule has 0 aliphatic rings. The van der Waals surface area contributed by atoms with E-state index in [0.29, 0.717) is 0 Å². The molecule has 1 N–H and O–H groups in total. The first-order chi connectivity index (χ1) is 8.29. The van der Waals surface area contributed by atoms with Crippen molar-refractivity contribution in [2.75, 3.05) is 0 Å². The normalized spacial score (nSPS) is 11.6. The molecule has 0 aromatic carbocycles. The third-order valence-electron chi connectivity index (χ3n) is 2.85. The van der Waals surface area contributed by atoms with Crippen LogP contribution in [-0.4, -0.2) is 21.0 Å². The summed E-state index contributed by atoms with van der Waals surface area (Å²) in [4.78, 5) is 20.0. The van der Waals surface area contributed by atoms with Crippen molar-refractivity contribution >= 4 is 5.97 Å². The third-order valence-corrected chi connectivity index (χ3v) is 2.85. The van der Waals surface area contributed by atoms with Gasteiger partial charge in [-0.15, -0.1) is 0 Å². The Hall–Kier alpha value is -1.45. The van der Waals surface area contributed by atoms with Crippen LogP contribution in [0.2, 0.25) is 0 Å². The highest BCUT2D eigenvalue weighted by Crippen LogP contribution is 2.22. The van der Waals surface area contributed by atoms with E-state index in [0.717, 1.165) is 35.6 Å². The summed E-state index contributed by atoms with van der Waals surface area (Å²) in [6, 6.07) is 0. The molecule has 0 saturated heterocycles. The molecule has 4 nitrogen and oxygen atoms in total. The molecule has 0 spiro atoms. The molecule has 0 unspecified atom stereocenters. The van der Waals surface area contributed by atoms with E-state index in [1.54, 1.807) is 0 Å². The topological polar surface area (TPSA) is 63.1 Å². The molecule has 100 valence electrons. The Morgan fingerprint density at radius 3 is 1.83 bits per heavy atom. The average Bonchev–Trinajstić information content (AvgIpc) is 2.26. The van der Waals surface area contributed by atoms with Gasteiger partial charge in [0.05, 0.1) is 6.42 Å². The maximum Gasteiger partial charge on any atom is 0.307 e. The zero-order valence-corrected chi connectivity index (χ0v) is 11.9. The molecular formula is C14H22N2O2. The maximum atomic E-state index is 10.9. The monoisotopic (exact) mass is 250 g/mol. The molecule has 0 radical (unpaired) electrons. The molecule has 4 heteroatoms. The lowest BCUT2D eigenvalue weighted by Crippen LogP contribution is -2.21. The Labute approximate surface area is 108 Å². The lowest BCUT2D eigenvalue weighted by atomic mass is 9.94. The highest BCUT2D eigenvalue weighted by Gasteiger charge is 2.22. The van der Waals surface area contributed by atoms with Gasteiger partial charge in [-0.3, -0.25) is 4.79 Å². The fourth-order valence-electron chi connectivity index (χ4n) is 1.86. The van der Waals surface area contributed by atoms with E-state index in [-0.39, 0.29) is 11.8 Å². The second-order valence-electron chi connectivity index (χ2n) is 5.45. The lowest BCUT2D eigenvalue weighted by Gasteiger charge is -2.20. The van der Waals surface area contributed by atoms with E-state index >= 15 is 0 Å². The molecule has 1 aromatic rings. The van der Waals surface area contributed by atoms with E-state index < -0.39 is 5.97 Å². The van der Waals surface area contributed by atoms with Crippen LogP contribution in [0.3, 0.4) is 0 Å². The molecule has 18 heavy (non-hydrogen) atoms. The first-order valence-electron chi connectivity index (χ1n) is 6.40. The lowest BCUT2D eigenvalue weighted by molar-refractivity contribution is -0.136. The summed E-state index contributed by atoms with van der Waals surface area (Å²) in [6.45, 7) is 10.2. The van der Waals surface area contributed by atoms with Gasteiger partial charge in [0, 0.05) is 22.4 Å². The van der Waals surface area contributed by atoms with Crippen molar-refractivity contribution in [3.8, 4) is 0 Å². The number of aromatic nitrogens is 2. The molecule has 0 bridgehead atoms. The van der Waals surface area contributed by atoms with Gasteiger partial charge in [0.1, 0.15) is 5.82 Å². The Morgan fingerprint density at radius 2 is 1.56 bits per heavy atom. The number of carbonyl (C=O) groups is 1. The summed E-state index contributed by atoms with van der Waals surface area (Å²) in [5.41, 5.74) is 2.42. The minimum absolute atomic E-state index is 0.0107. The molecule has 1 heterocycles. The number of aryl methyl sites for hydroxylation is 2. The molecule has 0 saturated carbocycles. The summed E-state index contributed by atoms with van der Waals surface area (Å²) in [5, 5.41) is 8.98. The predicted molar refractivity (Wildman–Crippen MR) is 70.8 cm³/mol. The van der Waals surface area contributed by atoms with Gasteiger partial charge < -0.3 is 5.11 Å². The zero-order chi connectivity index (χ0) is 13.9. The average molecular weight is 250 g/mol. The van der Waals surface area contributed by atoms with Crippen LogP contribution >= 0.6 is 0 Å². The van der Waals surface area contributed by atoms with Crippen LogP contribution in [0.4, 0.5) is 0 Å². The van der Waals surface area contributed by atoms with Crippen molar-refractivity contribution < 1.29 is 9.90 Å². The molecule has 1 aromatic heterocycles. The van der Waals surface area contributed by atoms with Crippen molar-refractivity contribution in [2.45, 2.75) is 59.3 Å². The minimum atomic E-state index is -0.827. The van der Waals surface area contributed by atoms with Crippen LogP contribution in [-0.2, 0) is 29.5 Å². The summed E-state index contributed by atoms with van der Waals surface area (Å²) in [7, 11) is 0. The fourth-order valence-corrected chi connectivity index (χ4v) is 1.86. The van der Waals surface area contributed by atoms with Crippen LogP contribution in [0, 0.1) is 0 Å². The summed E-state index contributed by atoms with van der Waals surface area (Å²) >= 11 is 0. The molecule has 0 aliphatic heterocycles. The second-order valence-corrected chi connectivity index (χ2v) is 5.45. The van der Waals surface area contributed by atoms with Crippen LogP contribution in [0.1, 0.15) is 57.4 Å². The quantitative estimate of drug-likeness (QED) is 0.892. The second kappa shape index (κ2) is 5.46. The van der Waals surface area contributed by atoms with Crippen LogP contribution in [0.15, 0.2) is 0 Å². The Morgan fingerprint density at radius 1 is 1.11 bits per heavy atom. The molecule has 0 fully saturated rings. The molecule has 1 rings (SSSR count). The Kier molecular flexibility index (Phi) is 4.43. The van der Waals surface area contributed by atoms with E-state index in [4.69, 9.17) is 5.11 Å². The minimum Gasteiger partial charge on any atom is -0.481 e. The SMILES string of the molecule is CCc1nc(C(C)(C)C)nc(CC)c1CC(=O)O. The van der Waals surface area contributed by atoms with Crippen molar-refractivity contribution in [3.63, 3.8) is 0 Å². The number of carboxylic acids is 1. The van der Waals surface area contributed by atoms with Crippen molar-refractivity contribution in [1.82, 2.24) is 9.97 Å². The molecule has 0 amide bonds. The van der Waals surface area contributed by atoms with Gasteiger partial charge in [-0.25, -0.2) is 9.97 Å². The van der Waals surface area contributed by atoms with Gasteiger partial charge >= 0.3 is 5.97 Å². The number of carboxylic acid groups (broad SMARTS) is 1. The smallest absolute Gasteiger partial charge is 0.307 e. The third kappa shape index (κ3) is 3.28. The molecular weight excluding hydrogens is 228 g/mol. The number of rotatable bonds is 4. The van der Waals surface area contributed by atoms with E-state index in [1.165, 1.54) is 0 Å². The molecule has 0 atom stereocenters. The Bertz CT molecular complexity index is 423. The van der Waals surface area contributed by atoms with Gasteiger partial charge in [0.25, 0.3) is 0 Å². The van der Waals surface area contributed by atoms with Gasteiger partial charge in [0.2, 0.25) is 0 Å². The standard InChI is InChI=1S/C14H22N2O2/c1-6-10-9(8-12(17)18)11(7-2)16-13(15-10)14(3,4)5/h6-8H2,1-5H3,(H,17,18). The van der Waals surface area contributed by atoms with Gasteiger partial charge in [-0.2, -0.15) is 0 Å². The van der Waals surface area contributed by atoms with Crippen molar-refractivity contribution in [3.05, 3.63) is 22.8 Å². The summed E-state index contributed by atoms with van der Waals surface area (Å²) in [6.07, 6.45) is 1.49. The number of hydrogen-bond acceptors (Lipinski definition) is 3. The van der Waals surface area contributed by atoms with Crippen molar-refractivity contribution in [2.24, 2.45) is 0 Å². The number of aliphatic carboxylic acids is 1. The highest BCUT2D eigenvalue weighted by molar-refractivity contribution is 5.71. The largest absolute Gasteiger partial charge is 0.481 e. The van der Waals surface area contributed by atoms with E-state index in [1.807, 2.05) is 13.8 Å². The number of hydrogen-bond donors (Lipinski definition) is 1. The van der Waals surface area contributed by atoms with E-state index in [9.17, 15) is 4.79 Å². The van der Waals surface area contributed by atoms with Crippen LogP contribution in [0.5, 0.6) is 0 Å². The van der Waals surface area contributed by atoms with Crippen LogP contribution < -0.4 is 0 Å². The summed E-state index contributed by atoms with van der Waals surface area (Å²) < 4.78 is 0. The fraction of sp³-hybridized carbons (Fsp3) is 0.643. The predicted octanol–water partition coefficient (Wildman–Crippen LogP) is 2.53. The number of nitrogens with zero attached hydrogens (tertiary/aromatic N) is 2. The maximum absolute atomic E-state index is 10.9. The van der Waals surface area contributed by atoms with E-state index in [2.05, 4.69) is 30.7 Å². The van der Waals surface area contributed by atoms with Crippen molar-refractivity contribution in [1.29, 1.82) is 0 Å². The molecule has 0 aliphatic carbocycles. The highest BCUT2D eigenvalue weighted by atomic mass is 16.4. The van der Waals surface area contributed by atoms with Gasteiger partial charge in [-0.05, 0) is 12.8 Å². The zero-order valence-electron chi connectivity index (χ0n) is 11.9. The van der Waals surface area contributed by atoms with Gasteiger partial charge in [-0.1, -0.05) is 34.6 Å². The first kappa shape index (κ1) is 14.6.